The lowest BCUT2D eigenvalue weighted by Gasteiger charge is -2.62. The van der Waals surface area contributed by atoms with Crippen LogP contribution in [0.15, 0.2) is 23.2 Å². The first-order valence-electron chi connectivity index (χ1n) is 7.60. The van der Waals surface area contributed by atoms with Gasteiger partial charge in [0.2, 0.25) is 0 Å². The molecule has 0 saturated carbocycles. The minimum absolute atomic E-state index is 0.0276. The molecule has 0 bridgehead atoms. The van der Waals surface area contributed by atoms with E-state index >= 15 is 0 Å². The minimum atomic E-state index is -0.537. The summed E-state index contributed by atoms with van der Waals surface area (Å²) >= 11 is 0. The molecule has 0 aromatic heterocycles. The van der Waals surface area contributed by atoms with Crippen LogP contribution in [-0.2, 0) is 6.42 Å². The minimum Gasteiger partial charge on any atom is -0.356 e. The van der Waals surface area contributed by atoms with Crippen molar-refractivity contribution >= 4 is 5.96 Å². The van der Waals surface area contributed by atoms with Crippen LogP contribution in [-0.4, -0.2) is 36.5 Å². The van der Waals surface area contributed by atoms with E-state index in [1.54, 1.807) is 7.05 Å². The van der Waals surface area contributed by atoms with Crippen molar-refractivity contribution < 1.29 is 8.78 Å². The maximum Gasteiger partial charge on any atom is 0.194 e. The van der Waals surface area contributed by atoms with Crippen LogP contribution in [0.2, 0.25) is 0 Å². The Labute approximate surface area is 131 Å². The second-order valence-electron chi connectivity index (χ2n) is 7.03. The van der Waals surface area contributed by atoms with Crippen LogP contribution in [0.1, 0.15) is 33.3 Å². The molecule has 122 valence electrons. The van der Waals surface area contributed by atoms with Gasteiger partial charge in [0.05, 0.1) is 0 Å². The highest BCUT2D eigenvalue weighted by atomic mass is 19.1. The molecule has 0 amide bonds. The molecule has 0 spiro atoms. The monoisotopic (exact) mass is 309 g/mol. The molecular weight excluding hydrogens is 284 g/mol. The highest BCUT2D eigenvalue weighted by Gasteiger charge is 2.53. The fourth-order valence-corrected chi connectivity index (χ4v) is 2.77. The molecule has 3 nitrogen and oxygen atoms in total. The van der Waals surface area contributed by atoms with Crippen molar-refractivity contribution in [2.75, 3.05) is 20.1 Å². The number of rotatable bonds is 3. The van der Waals surface area contributed by atoms with Gasteiger partial charge in [0, 0.05) is 37.2 Å². The Morgan fingerprint density at radius 3 is 2.23 bits per heavy atom. The van der Waals surface area contributed by atoms with Crippen LogP contribution in [0, 0.1) is 17.0 Å². The molecule has 1 N–H and O–H groups in total. The van der Waals surface area contributed by atoms with E-state index in [-0.39, 0.29) is 11.0 Å². The van der Waals surface area contributed by atoms with Gasteiger partial charge in [0.15, 0.2) is 5.96 Å². The van der Waals surface area contributed by atoms with Crippen molar-refractivity contribution in [3.63, 3.8) is 0 Å². The molecule has 2 rings (SSSR count). The lowest BCUT2D eigenvalue weighted by atomic mass is 9.65. The summed E-state index contributed by atoms with van der Waals surface area (Å²) in [6.07, 6.45) is 0.547. The van der Waals surface area contributed by atoms with Gasteiger partial charge in [0.25, 0.3) is 0 Å². The number of hydrogen-bond donors (Lipinski definition) is 1. The van der Waals surface area contributed by atoms with Gasteiger partial charge in [-0.3, -0.25) is 4.99 Å². The zero-order chi connectivity index (χ0) is 16.5. The number of guanidine groups is 1. The molecule has 1 fully saturated rings. The quantitative estimate of drug-likeness (QED) is 0.686. The summed E-state index contributed by atoms with van der Waals surface area (Å²) in [6, 6.07) is 3.62. The van der Waals surface area contributed by atoms with Crippen LogP contribution in [0.25, 0.3) is 0 Å². The molecule has 0 radical (unpaired) electrons. The molecule has 0 aliphatic carbocycles. The van der Waals surface area contributed by atoms with E-state index in [4.69, 9.17) is 0 Å². The molecule has 0 unspecified atom stereocenters. The van der Waals surface area contributed by atoms with E-state index in [9.17, 15) is 8.78 Å². The van der Waals surface area contributed by atoms with E-state index in [2.05, 4.69) is 42.9 Å². The maximum atomic E-state index is 13.2. The van der Waals surface area contributed by atoms with Crippen molar-refractivity contribution in [1.82, 2.24) is 10.2 Å². The van der Waals surface area contributed by atoms with Gasteiger partial charge in [-0.05, 0) is 38.0 Å². The molecule has 0 atom stereocenters. The van der Waals surface area contributed by atoms with Gasteiger partial charge in [-0.2, -0.15) is 0 Å². The van der Waals surface area contributed by atoms with Gasteiger partial charge in [-0.25, -0.2) is 8.78 Å². The third-order valence-corrected chi connectivity index (χ3v) is 4.97. The smallest absolute Gasteiger partial charge is 0.194 e. The maximum absolute atomic E-state index is 13.2. The summed E-state index contributed by atoms with van der Waals surface area (Å²) in [5, 5.41) is 3.28. The number of likely N-dealkylation sites (tertiary alicyclic amines) is 1. The second kappa shape index (κ2) is 5.86. The fourth-order valence-electron chi connectivity index (χ4n) is 2.77. The standard InChI is InChI=1S/C17H25F2N3/c1-16(2)11-22(17(16,3)4)15(20-5)21-7-6-12-8-13(18)10-14(19)9-12/h8-10H,6-7,11H2,1-5H3,(H,20,21). The molecule has 1 aromatic carbocycles. The van der Waals surface area contributed by atoms with Crippen LogP contribution in [0.3, 0.4) is 0 Å². The largest absolute Gasteiger partial charge is 0.356 e. The van der Waals surface area contributed by atoms with Crippen LogP contribution in [0.4, 0.5) is 8.78 Å². The molecule has 1 aromatic rings. The average Bonchev–Trinajstić information content (AvgIpc) is 2.40. The van der Waals surface area contributed by atoms with Crippen LogP contribution < -0.4 is 5.32 Å². The van der Waals surface area contributed by atoms with Crippen LogP contribution in [0.5, 0.6) is 0 Å². The Morgan fingerprint density at radius 1 is 1.18 bits per heavy atom. The van der Waals surface area contributed by atoms with Gasteiger partial charge in [-0.1, -0.05) is 13.8 Å². The molecule has 22 heavy (non-hydrogen) atoms. The normalized spacial score (nSPS) is 19.8. The average molecular weight is 309 g/mol. The molecule has 1 aliphatic heterocycles. The summed E-state index contributed by atoms with van der Waals surface area (Å²) in [7, 11) is 1.76. The van der Waals surface area contributed by atoms with Crippen LogP contribution >= 0.6 is 0 Å². The van der Waals surface area contributed by atoms with Crippen molar-refractivity contribution in [3.8, 4) is 0 Å². The first-order valence-corrected chi connectivity index (χ1v) is 7.60. The first-order chi connectivity index (χ1) is 10.2. The Balaban J connectivity index is 1.93. The fraction of sp³-hybridized carbons (Fsp3) is 0.588. The Hall–Kier alpha value is -1.65. The van der Waals surface area contributed by atoms with Gasteiger partial charge < -0.3 is 10.2 Å². The van der Waals surface area contributed by atoms with E-state index in [1.165, 1.54) is 12.1 Å². The van der Waals surface area contributed by atoms with Crippen molar-refractivity contribution in [1.29, 1.82) is 0 Å². The van der Waals surface area contributed by atoms with Crippen molar-refractivity contribution in [2.45, 2.75) is 39.7 Å². The zero-order valence-corrected chi connectivity index (χ0v) is 14.0. The molecule has 1 heterocycles. The lowest BCUT2D eigenvalue weighted by Crippen LogP contribution is -2.72. The summed E-state index contributed by atoms with van der Waals surface area (Å²) in [4.78, 5) is 6.56. The van der Waals surface area contributed by atoms with E-state index in [1.807, 2.05) is 0 Å². The van der Waals surface area contributed by atoms with E-state index < -0.39 is 11.6 Å². The topological polar surface area (TPSA) is 27.6 Å². The van der Waals surface area contributed by atoms with Gasteiger partial charge >= 0.3 is 0 Å². The third-order valence-electron chi connectivity index (χ3n) is 4.97. The third kappa shape index (κ3) is 3.08. The van der Waals surface area contributed by atoms with E-state index in [0.29, 0.717) is 18.5 Å². The van der Waals surface area contributed by atoms with E-state index in [0.717, 1.165) is 18.6 Å². The molecule has 1 saturated heterocycles. The predicted molar refractivity (Wildman–Crippen MR) is 86.0 cm³/mol. The predicted octanol–water partition coefficient (Wildman–Crippen LogP) is 3.20. The van der Waals surface area contributed by atoms with Crippen molar-refractivity contribution in [3.05, 3.63) is 35.4 Å². The molecular formula is C17H25F2N3. The number of nitrogens with zero attached hydrogens (tertiary/aromatic N) is 2. The zero-order valence-electron chi connectivity index (χ0n) is 14.0. The molecule has 5 heteroatoms. The second-order valence-corrected chi connectivity index (χ2v) is 7.03. The summed E-state index contributed by atoms with van der Waals surface area (Å²) in [5.41, 5.74) is 0.902. The Bertz CT molecular complexity index is 559. The summed E-state index contributed by atoms with van der Waals surface area (Å²) < 4.78 is 26.3. The van der Waals surface area contributed by atoms with Gasteiger partial charge in [-0.15, -0.1) is 0 Å². The van der Waals surface area contributed by atoms with Gasteiger partial charge in [0.1, 0.15) is 11.6 Å². The number of hydrogen-bond acceptors (Lipinski definition) is 1. The highest BCUT2D eigenvalue weighted by molar-refractivity contribution is 5.82. The number of benzene rings is 1. The number of nitrogens with one attached hydrogen (secondary N) is 1. The first kappa shape index (κ1) is 16.7. The van der Waals surface area contributed by atoms with Crippen molar-refractivity contribution in [2.24, 2.45) is 10.4 Å². The molecule has 1 aliphatic rings. The summed E-state index contributed by atoms with van der Waals surface area (Å²) in [6.45, 7) is 10.4. The summed E-state index contributed by atoms with van der Waals surface area (Å²) in [5.74, 6) is -0.240. The SMILES string of the molecule is CN=C(NCCc1cc(F)cc(F)c1)N1CC(C)(C)C1(C)C. The lowest BCUT2D eigenvalue weighted by molar-refractivity contribution is -0.0666. The Kier molecular flexibility index (Phi) is 4.45. The highest BCUT2D eigenvalue weighted by Crippen LogP contribution is 2.46. The Morgan fingerprint density at radius 2 is 1.77 bits per heavy atom. The number of halogens is 2. The number of aliphatic imine (C=N–C) groups is 1.